The molecule has 8 heteroatoms. The molecule has 4 rings (SSSR count). The van der Waals surface area contributed by atoms with Crippen molar-refractivity contribution in [2.45, 2.75) is 19.3 Å². The maximum absolute atomic E-state index is 12.8. The van der Waals surface area contributed by atoms with Crippen molar-refractivity contribution >= 4 is 47.4 Å². The summed E-state index contributed by atoms with van der Waals surface area (Å²) in [5.74, 6) is -1.11. The highest BCUT2D eigenvalue weighted by Gasteiger charge is 2.37. The van der Waals surface area contributed by atoms with Crippen molar-refractivity contribution in [1.29, 1.82) is 0 Å². The molecule has 2 aliphatic rings. The van der Waals surface area contributed by atoms with Crippen LogP contribution in [0.3, 0.4) is 0 Å². The number of hydrogen-bond acceptors (Lipinski definition) is 4. The maximum Gasteiger partial charge on any atom is 0.266 e. The van der Waals surface area contributed by atoms with Crippen molar-refractivity contribution in [1.82, 2.24) is 10.2 Å². The summed E-state index contributed by atoms with van der Waals surface area (Å²) in [5.41, 5.74) is 1.31. The van der Waals surface area contributed by atoms with Gasteiger partial charge >= 0.3 is 0 Å². The lowest BCUT2D eigenvalue weighted by Gasteiger charge is -2.26. The lowest BCUT2D eigenvalue weighted by atomic mass is 10.1. The van der Waals surface area contributed by atoms with E-state index in [1.807, 2.05) is 0 Å². The Kier molecular flexibility index (Phi) is 7.13. The fourth-order valence-corrected chi connectivity index (χ4v) is 4.03. The van der Waals surface area contributed by atoms with Gasteiger partial charge in [0.2, 0.25) is 0 Å². The van der Waals surface area contributed by atoms with Crippen LogP contribution in [0, 0.1) is 0 Å². The van der Waals surface area contributed by atoms with Crippen molar-refractivity contribution in [2.24, 2.45) is 0 Å². The zero-order valence-electron chi connectivity index (χ0n) is 16.4. The van der Waals surface area contributed by atoms with Gasteiger partial charge in [-0.25, -0.2) is 4.90 Å². The van der Waals surface area contributed by atoms with Gasteiger partial charge in [0.25, 0.3) is 17.7 Å². The number of nitrogens with one attached hydrogen (secondary N) is 1. The fourth-order valence-electron chi connectivity index (χ4n) is 3.84. The van der Waals surface area contributed by atoms with E-state index < -0.39 is 11.8 Å². The number of benzene rings is 2. The van der Waals surface area contributed by atoms with Crippen molar-refractivity contribution in [3.05, 3.63) is 64.2 Å². The smallest absolute Gasteiger partial charge is 0.266 e. The highest BCUT2D eigenvalue weighted by atomic mass is 35.5. The summed E-state index contributed by atoms with van der Waals surface area (Å²) in [6.07, 6.45) is 3.69. The quantitative estimate of drug-likeness (QED) is 0.707. The highest BCUT2D eigenvalue weighted by molar-refractivity contribution is 6.35. The molecule has 30 heavy (non-hydrogen) atoms. The molecule has 158 valence electrons. The van der Waals surface area contributed by atoms with Crippen molar-refractivity contribution < 1.29 is 14.4 Å². The lowest BCUT2D eigenvalue weighted by Crippen LogP contribution is -2.37. The summed E-state index contributed by atoms with van der Waals surface area (Å²) in [7, 11) is 0. The van der Waals surface area contributed by atoms with E-state index in [0.717, 1.165) is 24.5 Å². The Morgan fingerprint density at radius 1 is 0.967 bits per heavy atom. The Labute approximate surface area is 186 Å². The molecule has 0 radical (unpaired) electrons. The number of carbonyl (C=O) groups is 3. The first-order valence-corrected chi connectivity index (χ1v) is 10.2. The van der Waals surface area contributed by atoms with E-state index >= 15 is 0 Å². The van der Waals surface area contributed by atoms with Gasteiger partial charge in [0.05, 0.1) is 16.8 Å². The number of imide groups is 1. The zero-order valence-corrected chi connectivity index (χ0v) is 18.0. The van der Waals surface area contributed by atoms with Crippen LogP contribution in [0.15, 0.2) is 42.5 Å². The van der Waals surface area contributed by atoms with Gasteiger partial charge in [0.15, 0.2) is 0 Å². The standard InChI is InChI=1S/C22H22ClN3O3.ClH/c23-16-5-4-6-17(14-16)26-21(28)18-8-7-15(13-19(18)22(26)29)20(27)24-9-12-25-10-2-1-3-11-25;/h4-8,13-14H,1-3,9-12H2,(H,24,27);1H. The second-order valence-electron chi connectivity index (χ2n) is 7.34. The molecule has 1 N–H and O–H groups in total. The summed E-state index contributed by atoms with van der Waals surface area (Å²) in [5, 5.41) is 3.34. The summed E-state index contributed by atoms with van der Waals surface area (Å²) in [6, 6.07) is 11.2. The number of piperidine rings is 1. The van der Waals surface area contributed by atoms with Crippen molar-refractivity contribution in [2.75, 3.05) is 31.1 Å². The molecule has 0 aliphatic carbocycles. The minimum atomic E-state index is -0.449. The second-order valence-corrected chi connectivity index (χ2v) is 7.78. The average molecular weight is 448 g/mol. The number of rotatable bonds is 5. The fraction of sp³-hybridized carbons (Fsp3) is 0.318. The predicted molar refractivity (Wildman–Crippen MR) is 119 cm³/mol. The molecule has 2 aromatic rings. The molecule has 0 saturated carbocycles. The Morgan fingerprint density at radius 2 is 1.70 bits per heavy atom. The normalized spacial score (nSPS) is 16.2. The SMILES string of the molecule is Cl.O=C(NCCN1CCCCC1)c1ccc2c(c1)C(=O)N(c1cccc(Cl)c1)C2=O. The maximum atomic E-state index is 12.8. The molecule has 0 unspecified atom stereocenters. The van der Waals surface area contributed by atoms with E-state index in [0.29, 0.717) is 28.4 Å². The number of halogens is 2. The number of fused-ring (bicyclic) bond motifs is 1. The third kappa shape index (κ3) is 4.51. The van der Waals surface area contributed by atoms with Crippen LogP contribution < -0.4 is 10.2 Å². The van der Waals surface area contributed by atoms with Crippen LogP contribution in [0.5, 0.6) is 0 Å². The molecular weight excluding hydrogens is 425 g/mol. The van der Waals surface area contributed by atoms with Crippen LogP contribution in [0.2, 0.25) is 5.02 Å². The number of anilines is 1. The first-order chi connectivity index (χ1) is 14.0. The molecule has 0 aromatic heterocycles. The van der Waals surface area contributed by atoms with Gasteiger partial charge in [-0.1, -0.05) is 24.1 Å². The van der Waals surface area contributed by atoms with E-state index in [1.54, 1.807) is 36.4 Å². The molecule has 2 aromatic carbocycles. The molecule has 6 nitrogen and oxygen atoms in total. The van der Waals surface area contributed by atoms with Crippen LogP contribution in [-0.2, 0) is 0 Å². The number of carbonyl (C=O) groups excluding carboxylic acids is 3. The summed E-state index contributed by atoms with van der Waals surface area (Å²) in [4.78, 5) is 41.5. The molecule has 0 atom stereocenters. The number of amides is 3. The lowest BCUT2D eigenvalue weighted by molar-refractivity contribution is 0.0923. The van der Waals surface area contributed by atoms with E-state index in [1.165, 1.54) is 25.3 Å². The first-order valence-electron chi connectivity index (χ1n) is 9.83. The average Bonchev–Trinajstić information content (AvgIpc) is 2.98. The van der Waals surface area contributed by atoms with E-state index in [2.05, 4.69) is 10.2 Å². The molecule has 0 bridgehead atoms. The van der Waals surface area contributed by atoms with Gasteiger partial charge in [0, 0.05) is 23.7 Å². The van der Waals surface area contributed by atoms with E-state index in [4.69, 9.17) is 11.6 Å². The summed E-state index contributed by atoms with van der Waals surface area (Å²) < 4.78 is 0. The Hall–Kier alpha value is -2.41. The molecular formula is C22H23Cl2N3O3. The Bertz CT molecular complexity index is 974. The van der Waals surface area contributed by atoms with Crippen LogP contribution in [-0.4, -0.2) is 48.8 Å². The highest BCUT2D eigenvalue weighted by Crippen LogP contribution is 2.30. The van der Waals surface area contributed by atoms with Gasteiger partial charge in [-0.15, -0.1) is 12.4 Å². The third-order valence-electron chi connectivity index (χ3n) is 5.38. The van der Waals surface area contributed by atoms with Crippen LogP contribution in [0.25, 0.3) is 0 Å². The van der Waals surface area contributed by atoms with Crippen LogP contribution in [0.4, 0.5) is 5.69 Å². The molecule has 1 fully saturated rings. The molecule has 2 heterocycles. The second kappa shape index (κ2) is 9.60. The Balaban J connectivity index is 0.00000256. The third-order valence-corrected chi connectivity index (χ3v) is 5.61. The van der Waals surface area contributed by atoms with Crippen LogP contribution >= 0.6 is 24.0 Å². The molecule has 3 amide bonds. The number of nitrogens with zero attached hydrogens (tertiary/aromatic N) is 2. The summed E-state index contributed by atoms with van der Waals surface area (Å²) in [6.45, 7) is 3.52. The topological polar surface area (TPSA) is 69.7 Å². The zero-order chi connectivity index (χ0) is 20.4. The number of likely N-dealkylation sites (tertiary alicyclic amines) is 1. The predicted octanol–water partition coefficient (Wildman–Crippen LogP) is 3.78. The number of hydrogen-bond donors (Lipinski definition) is 1. The van der Waals surface area contributed by atoms with Gasteiger partial charge in [-0.05, 0) is 62.3 Å². The van der Waals surface area contributed by atoms with Crippen LogP contribution in [0.1, 0.15) is 50.3 Å². The summed E-state index contributed by atoms with van der Waals surface area (Å²) >= 11 is 6.00. The van der Waals surface area contributed by atoms with Crippen molar-refractivity contribution in [3.63, 3.8) is 0 Å². The minimum Gasteiger partial charge on any atom is -0.351 e. The van der Waals surface area contributed by atoms with E-state index in [9.17, 15) is 14.4 Å². The van der Waals surface area contributed by atoms with Gasteiger partial charge in [0.1, 0.15) is 0 Å². The van der Waals surface area contributed by atoms with Gasteiger partial charge in [-0.2, -0.15) is 0 Å². The van der Waals surface area contributed by atoms with Gasteiger partial charge in [-0.3, -0.25) is 14.4 Å². The monoisotopic (exact) mass is 447 g/mol. The first kappa shape index (κ1) is 22.3. The molecule has 1 saturated heterocycles. The molecule has 2 aliphatic heterocycles. The van der Waals surface area contributed by atoms with Gasteiger partial charge < -0.3 is 10.2 Å². The molecule has 0 spiro atoms. The van der Waals surface area contributed by atoms with E-state index in [-0.39, 0.29) is 23.9 Å². The van der Waals surface area contributed by atoms with Crippen molar-refractivity contribution in [3.8, 4) is 0 Å². The minimum absolute atomic E-state index is 0. The largest absolute Gasteiger partial charge is 0.351 e. The Morgan fingerprint density at radius 3 is 2.43 bits per heavy atom.